The molecule has 0 aromatic heterocycles. The number of carbonyl (C=O) groups excluding carboxylic acids is 1. The molecule has 2 aromatic carbocycles. The molecule has 1 fully saturated rings. The summed E-state index contributed by atoms with van der Waals surface area (Å²) in [5.41, 5.74) is 4.10. The highest BCUT2D eigenvalue weighted by molar-refractivity contribution is 5.73. The van der Waals surface area contributed by atoms with Gasteiger partial charge in [0.05, 0.1) is 13.2 Å². The summed E-state index contributed by atoms with van der Waals surface area (Å²) >= 11 is 0. The number of aromatic hydroxyl groups is 1. The number of aliphatic hydroxyl groups excluding tert-OH is 4. The molecular formula is C26H36N2O8. The summed E-state index contributed by atoms with van der Waals surface area (Å²) in [6.07, 6.45) is -5.40. The minimum absolute atomic E-state index is 0.102. The molecule has 1 saturated heterocycles. The summed E-state index contributed by atoms with van der Waals surface area (Å²) in [4.78, 5) is 11.7. The summed E-state index contributed by atoms with van der Waals surface area (Å²) in [6.45, 7) is 2.73. The zero-order valence-corrected chi connectivity index (χ0v) is 20.6. The molecule has 198 valence electrons. The van der Waals surface area contributed by atoms with Gasteiger partial charge >= 0.3 is 6.03 Å². The van der Waals surface area contributed by atoms with Gasteiger partial charge in [-0.2, -0.15) is 0 Å². The van der Waals surface area contributed by atoms with Gasteiger partial charge in [-0.3, -0.25) is 0 Å². The van der Waals surface area contributed by atoms with Crippen molar-refractivity contribution in [3.05, 3.63) is 64.2 Å². The third-order valence-electron chi connectivity index (χ3n) is 6.39. The average Bonchev–Trinajstić information content (AvgIpc) is 2.86. The van der Waals surface area contributed by atoms with Crippen molar-refractivity contribution in [3.63, 3.8) is 0 Å². The highest BCUT2D eigenvalue weighted by atomic mass is 16.5. The molecule has 5 atom stereocenters. The van der Waals surface area contributed by atoms with Crippen molar-refractivity contribution in [2.45, 2.75) is 50.3 Å². The molecule has 1 aliphatic heterocycles. The number of carbonyl (C=O) groups is 1. The summed E-state index contributed by atoms with van der Waals surface area (Å²) in [5, 5.41) is 56.2. The van der Waals surface area contributed by atoms with E-state index in [4.69, 9.17) is 9.47 Å². The largest absolute Gasteiger partial charge is 0.508 e. The van der Waals surface area contributed by atoms with Crippen molar-refractivity contribution in [2.24, 2.45) is 0 Å². The number of hydrogen-bond donors (Lipinski definition) is 7. The first-order valence-electron chi connectivity index (χ1n) is 12.0. The number of phenolic OH excluding ortho intramolecular Hbond substituents is 1. The fourth-order valence-electron chi connectivity index (χ4n) is 4.23. The maximum atomic E-state index is 11.7. The van der Waals surface area contributed by atoms with Crippen molar-refractivity contribution in [1.29, 1.82) is 0 Å². The molecular weight excluding hydrogens is 468 g/mol. The van der Waals surface area contributed by atoms with Crippen LogP contribution in [0.2, 0.25) is 0 Å². The molecule has 0 aliphatic carbocycles. The Morgan fingerprint density at radius 2 is 1.67 bits per heavy atom. The fourth-order valence-corrected chi connectivity index (χ4v) is 4.23. The molecule has 3 rings (SSSR count). The van der Waals surface area contributed by atoms with Gasteiger partial charge in [-0.15, -0.1) is 0 Å². The number of amides is 2. The first kappa shape index (κ1) is 27.9. The molecule has 0 unspecified atom stereocenters. The number of aliphatic hydroxyl groups is 4. The third kappa shape index (κ3) is 6.94. The number of aryl methyl sites for hydroxylation is 1. The van der Waals surface area contributed by atoms with Gasteiger partial charge in [0.1, 0.15) is 36.3 Å². The second-order valence-corrected chi connectivity index (χ2v) is 9.01. The molecule has 0 spiro atoms. The average molecular weight is 505 g/mol. The van der Waals surface area contributed by atoms with Gasteiger partial charge in [0.25, 0.3) is 0 Å². The summed E-state index contributed by atoms with van der Waals surface area (Å²) in [7, 11) is 1.57. The van der Waals surface area contributed by atoms with E-state index >= 15 is 0 Å². The monoisotopic (exact) mass is 504 g/mol. The van der Waals surface area contributed by atoms with Gasteiger partial charge in [0.15, 0.2) is 0 Å². The maximum absolute atomic E-state index is 11.7. The number of benzene rings is 2. The molecule has 0 radical (unpaired) electrons. The van der Waals surface area contributed by atoms with Crippen molar-refractivity contribution < 1.29 is 39.8 Å². The van der Waals surface area contributed by atoms with Crippen LogP contribution in [-0.2, 0) is 22.3 Å². The van der Waals surface area contributed by atoms with E-state index < -0.39 is 37.1 Å². The van der Waals surface area contributed by atoms with Crippen LogP contribution in [0.1, 0.15) is 33.9 Å². The lowest BCUT2D eigenvalue weighted by molar-refractivity contribution is -0.232. The highest BCUT2D eigenvalue weighted by Gasteiger charge is 2.44. The Balaban J connectivity index is 1.65. The predicted molar refractivity (Wildman–Crippen MR) is 132 cm³/mol. The molecule has 2 amide bonds. The molecule has 10 nitrogen and oxygen atoms in total. The Morgan fingerprint density at radius 3 is 2.33 bits per heavy atom. The maximum Gasteiger partial charge on any atom is 0.314 e. The van der Waals surface area contributed by atoms with Gasteiger partial charge in [0.2, 0.25) is 0 Å². The molecule has 36 heavy (non-hydrogen) atoms. The smallest absolute Gasteiger partial charge is 0.314 e. The quantitative estimate of drug-likeness (QED) is 0.227. The number of urea groups is 1. The van der Waals surface area contributed by atoms with Crippen molar-refractivity contribution >= 4 is 6.03 Å². The van der Waals surface area contributed by atoms with Crippen molar-refractivity contribution in [1.82, 2.24) is 10.6 Å². The van der Waals surface area contributed by atoms with E-state index in [1.807, 2.05) is 31.2 Å². The Kier molecular flexibility index (Phi) is 10.1. The highest BCUT2D eigenvalue weighted by Crippen LogP contribution is 2.38. The summed E-state index contributed by atoms with van der Waals surface area (Å²) in [6, 6.07) is 11.0. The molecule has 1 heterocycles. The lowest BCUT2D eigenvalue weighted by Crippen LogP contribution is -2.55. The van der Waals surface area contributed by atoms with Crippen LogP contribution >= 0.6 is 0 Å². The normalized spacial score (nSPS) is 23.9. The van der Waals surface area contributed by atoms with E-state index in [0.29, 0.717) is 32.5 Å². The second kappa shape index (κ2) is 13.0. The van der Waals surface area contributed by atoms with Crippen molar-refractivity contribution in [2.75, 3.05) is 33.4 Å². The fraction of sp³-hybridized carbons (Fsp3) is 0.500. The lowest BCUT2D eigenvalue weighted by Gasteiger charge is -2.40. The van der Waals surface area contributed by atoms with Gasteiger partial charge in [0, 0.05) is 25.8 Å². The van der Waals surface area contributed by atoms with Gasteiger partial charge in [-0.25, -0.2) is 4.79 Å². The number of hydrogen-bond acceptors (Lipinski definition) is 8. The van der Waals surface area contributed by atoms with Crippen LogP contribution in [0.5, 0.6) is 5.75 Å². The first-order chi connectivity index (χ1) is 17.2. The van der Waals surface area contributed by atoms with E-state index in [9.17, 15) is 30.3 Å². The number of rotatable bonds is 10. The number of methoxy groups -OCH3 is 1. The molecule has 7 N–H and O–H groups in total. The van der Waals surface area contributed by atoms with Crippen LogP contribution in [0.15, 0.2) is 36.4 Å². The topological polar surface area (TPSA) is 161 Å². The molecule has 1 aliphatic rings. The summed E-state index contributed by atoms with van der Waals surface area (Å²) in [5.74, 6) is -0.102. The zero-order valence-electron chi connectivity index (χ0n) is 20.6. The van der Waals surface area contributed by atoms with Crippen LogP contribution in [0, 0.1) is 6.92 Å². The van der Waals surface area contributed by atoms with Crippen molar-refractivity contribution in [3.8, 4) is 5.75 Å². The molecule has 0 bridgehead atoms. The van der Waals surface area contributed by atoms with Gasteiger partial charge in [-0.05, 0) is 54.2 Å². The number of nitrogens with one attached hydrogen (secondary N) is 2. The lowest BCUT2D eigenvalue weighted by atomic mass is 9.88. The van der Waals surface area contributed by atoms with E-state index in [0.717, 1.165) is 22.3 Å². The van der Waals surface area contributed by atoms with E-state index in [2.05, 4.69) is 10.6 Å². The van der Waals surface area contributed by atoms with E-state index in [1.54, 1.807) is 19.2 Å². The summed E-state index contributed by atoms with van der Waals surface area (Å²) < 4.78 is 10.5. The van der Waals surface area contributed by atoms with E-state index in [-0.39, 0.29) is 17.3 Å². The van der Waals surface area contributed by atoms with Crippen LogP contribution < -0.4 is 10.6 Å². The van der Waals surface area contributed by atoms with Crippen LogP contribution in [0.25, 0.3) is 0 Å². The SMILES string of the molecule is COCCNC(=O)NCCc1ccc(Cc2cc([C@@H]3O[C@H](CO)[C@@H](O)[C@H](O)[C@H]3O)c(O)cc2C)cc1. The number of phenols is 1. The first-order valence-corrected chi connectivity index (χ1v) is 12.0. The van der Waals surface area contributed by atoms with Crippen LogP contribution in [0.3, 0.4) is 0 Å². The minimum Gasteiger partial charge on any atom is -0.508 e. The third-order valence-corrected chi connectivity index (χ3v) is 6.39. The zero-order chi connectivity index (χ0) is 26.2. The standard InChI is InChI=1S/C26H36N2O8/c1-15-11-20(30)19(25-24(33)23(32)22(31)21(14-29)36-25)13-18(15)12-17-5-3-16(4-6-17)7-8-27-26(34)28-9-10-35-2/h3-6,11,13,21-25,29-33H,7-10,12,14H2,1-2H3,(H2,27,28,34)/t21-,22-,23+,24-,25+/m1/s1. The minimum atomic E-state index is -1.52. The van der Waals surface area contributed by atoms with Crippen LogP contribution in [-0.4, -0.2) is 89.4 Å². The Hall–Kier alpha value is -2.73. The van der Waals surface area contributed by atoms with Crippen LogP contribution in [0.4, 0.5) is 4.79 Å². The number of ether oxygens (including phenoxy) is 2. The van der Waals surface area contributed by atoms with E-state index in [1.165, 1.54) is 0 Å². The molecule has 0 saturated carbocycles. The molecule has 2 aromatic rings. The van der Waals surface area contributed by atoms with Gasteiger partial charge in [-0.1, -0.05) is 24.3 Å². The molecule has 10 heteroatoms. The second-order valence-electron chi connectivity index (χ2n) is 9.01. The van der Waals surface area contributed by atoms with Gasteiger partial charge < -0.3 is 45.6 Å². The Labute approximate surface area is 210 Å². The predicted octanol–water partition coefficient (Wildman–Crippen LogP) is 0.294. The Morgan fingerprint density at radius 1 is 1.00 bits per heavy atom. The Bertz CT molecular complexity index is 998.